The molecule has 1 aliphatic rings. The molecule has 0 bridgehead atoms. The van der Waals surface area contributed by atoms with Crippen LogP contribution in [0.3, 0.4) is 0 Å². The lowest BCUT2D eigenvalue weighted by Gasteiger charge is -2.24. The first-order valence-electron chi connectivity index (χ1n) is 9.62. The van der Waals surface area contributed by atoms with Crippen LogP contribution in [0.2, 0.25) is 0 Å². The van der Waals surface area contributed by atoms with E-state index in [-0.39, 0.29) is 18.9 Å². The Balaban J connectivity index is 1.47. The Morgan fingerprint density at radius 3 is 2.56 bits per heavy atom. The number of hydrogen-bond donors (Lipinski definition) is 1. The summed E-state index contributed by atoms with van der Waals surface area (Å²) in [5.74, 6) is 0.859. The molecule has 4 rings (SSSR count). The molecule has 0 fully saturated rings. The standard InChI is InChI=1S/C22H20N4O6/c1-29-18-8-5-15(11-20(18)30-2)17-13-31-22(28)26(25-17)12-14-3-6-16(7-4-14)24-21(27)19-9-10-23-32-19/h3-11H,12-13H2,1-2H3,(H,24,27). The van der Waals surface area contributed by atoms with Gasteiger partial charge >= 0.3 is 6.09 Å². The molecule has 1 aliphatic heterocycles. The van der Waals surface area contributed by atoms with Gasteiger partial charge in [0, 0.05) is 17.3 Å². The lowest BCUT2D eigenvalue weighted by molar-refractivity contribution is 0.0987. The average molecular weight is 436 g/mol. The number of carbonyl (C=O) groups is 2. The van der Waals surface area contributed by atoms with Gasteiger partial charge in [-0.05, 0) is 35.9 Å². The fourth-order valence-electron chi connectivity index (χ4n) is 3.07. The Bertz CT molecular complexity index is 1140. The molecular weight excluding hydrogens is 416 g/mol. The molecule has 0 radical (unpaired) electrons. The SMILES string of the molecule is COc1ccc(C2=NN(Cc3ccc(NC(=O)c4ccno4)cc3)C(=O)OC2)cc1OC. The lowest BCUT2D eigenvalue weighted by Crippen LogP contribution is -2.35. The molecule has 0 aliphatic carbocycles. The molecule has 3 aromatic rings. The van der Waals surface area contributed by atoms with Crippen molar-refractivity contribution in [2.24, 2.45) is 5.10 Å². The van der Waals surface area contributed by atoms with Gasteiger partial charge in [-0.1, -0.05) is 17.3 Å². The number of benzene rings is 2. The fraction of sp³-hybridized carbons (Fsp3) is 0.182. The number of nitrogens with one attached hydrogen (secondary N) is 1. The van der Waals surface area contributed by atoms with Crippen molar-refractivity contribution in [3.8, 4) is 11.5 Å². The topological polar surface area (TPSA) is 115 Å². The molecule has 2 aromatic carbocycles. The second-order valence-corrected chi connectivity index (χ2v) is 6.76. The van der Waals surface area contributed by atoms with Crippen molar-refractivity contribution in [1.82, 2.24) is 10.2 Å². The Morgan fingerprint density at radius 2 is 1.88 bits per heavy atom. The predicted octanol–water partition coefficient (Wildman–Crippen LogP) is 3.30. The summed E-state index contributed by atoms with van der Waals surface area (Å²) in [6.45, 7) is 0.253. The van der Waals surface area contributed by atoms with Gasteiger partial charge in [0.25, 0.3) is 5.91 Å². The van der Waals surface area contributed by atoms with Crippen molar-refractivity contribution in [2.75, 3.05) is 26.1 Å². The van der Waals surface area contributed by atoms with E-state index in [2.05, 4.69) is 15.6 Å². The number of anilines is 1. The van der Waals surface area contributed by atoms with Gasteiger partial charge in [0.15, 0.2) is 11.5 Å². The highest BCUT2D eigenvalue weighted by molar-refractivity contribution is 6.04. The number of aromatic nitrogens is 1. The summed E-state index contributed by atoms with van der Waals surface area (Å²) in [6, 6.07) is 13.8. The van der Waals surface area contributed by atoms with Crippen molar-refractivity contribution in [3.05, 3.63) is 71.6 Å². The third-order valence-electron chi connectivity index (χ3n) is 4.71. The summed E-state index contributed by atoms with van der Waals surface area (Å²) in [4.78, 5) is 24.2. The van der Waals surface area contributed by atoms with E-state index in [1.54, 1.807) is 50.6 Å². The van der Waals surface area contributed by atoms with E-state index in [1.165, 1.54) is 17.3 Å². The Kier molecular flexibility index (Phi) is 6.02. The van der Waals surface area contributed by atoms with Crippen LogP contribution < -0.4 is 14.8 Å². The summed E-state index contributed by atoms with van der Waals surface area (Å²) in [7, 11) is 3.11. The maximum absolute atomic E-state index is 12.2. The van der Waals surface area contributed by atoms with E-state index in [0.717, 1.165) is 11.1 Å². The number of carbonyl (C=O) groups excluding carboxylic acids is 2. The Labute approximate surface area is 183 Å². The minimum atomic E-state index is -0.545. The van der Waals surface area contributed by atoms with E-state index >= 15 is 0 Å². The smallest absolute Gasteiger partial charge is 0.431 e. The third kappa shape index (κ3) is 4.53. The van der Waals surface area contributed by atoms with Crippen LogP contribution in [-0.4, -0.2) is 48.7 Å². The first kappa shape index (κ1) is 20.9. The number of methoxy groups -OCH3 is 2. The van der Waals surface area contributed by atoms with Crippen molar-refractivity contribution in [1.29, 1.82) is 0 Å². The van der Waals surface area contributed by atoms with Gasteiger partial charge in [0.05, 0.1) is 27.0 Å². The lowest BCUT2D eigenvalue weighted by atomic mass is 10.1. The maximum atomic E-state index is 12.2. The molecule has 0 saturated carbocycles. The third-order valence-corrected chi connectivity index (χ3v) is 4.71. The second kappa shape index (κ2) is 9.21. The number of hydrazone groups is 1. The van der Waals surface area contributed by atoms with Crippen LogP contribution in [0.25, 0.3) is 0 Å². The normalized spacial score (nSPS) is 13.2. The fourth-order valence-corrected chi connectivity index (χ4v) is 3.07. The summed E-state index contributed by atoms with van der Waals surface area (Å²) < 4.78 is 20.7. The van der Waals surface area contributed by atoms with Gasteiger partial charge < -0.3 is 24.1 Å². The molecule has 0 unspecified atom stereocenters. The van der Waals surface area contributed by atoms with Gasteiger partial charge in [0.2, 0.25) is 5.76 Å². The van der Waals surface area contributed by atoms with Crippen LogP contribution in [0.4, 0.5) is 10.5 Å². The second-order valence-electron chi connectivity index (χ2n) is 6.76. The summed E-state index contributed by atoms with van der Waals surface area (Å²) in [5.41, 5.74) is 2.72. The largest absolute Gasteiger partial charge is 0.493 e. The van der Waals surface area contributed by atoms with E-state index in [4.69, 9.17) is 18.7 Å². The van der Waals surface area contributed by atoms with Crippen LogP contribution in [-0.2, 0) is 11.3 Å². The quantitative estimate of drug-likeness (QED) is 0.604. The van der Waals surface area contributed by atoms with Crippen molar-refractivity contribution in [3.63, 3.8) is 0 Å². The molecule has 0 saturated heterocycles. The number of amides is 2. The van der Waals surface area contributed by atoms with E-state index in [9.17, 15) is 9.59 Å². The van der Waals surface area contributed by atoms with Crippen LogP contribution in [0, 0.1) is 0 Å². The Hall–Kier alpha value is -4.34. The minimum absolute atomic E-state index is 0.0530. The summed E-state index contributed by atoms with van der Waals surface area (Å²) in [5, 5.41) is 11.9. The molecule has 1 N–H and O–H groups in total. The molecule has 2 amide bonds. The highest BCUT2D eigenvalue weighted by Gasteiger charge is 2.24. The zero-order valence-corrected chi connectivity index (χ0v) is 17.4. The van der Waals surface area contributed by atoms with E-state index in [1.807, 2.05) is 6.07 Å². The molecule has 10 nitrogen and oxygen atoms in total. The maximum Gasteiger partial charge on any atom is 0.431 e. The van der Waals surface area contributed by atoms with Gasteiger partial charge in [-0.3, -0.25) is 4.79 Å². The van der Waals surface area contributed by atoms with Crippen LogP contribution >= 0.6 is 0 Å². The number of ether oxygens (including phenoxy) is 3. The average Bonchev–Trinajstić information content (AvgIpc) is 3.36. The van der Waals surface area contributed by atoms with Gasteiger partial charge in [-0.25, -0.2) is 4.79 Å². The zero-order valence-electron chi connectivity index (χ0n) is 17.4. The van der Waals surface area contributed by atoms with Crippen molar-refractivity contribution >= 4 is 23.4 Å². The molecule has 1 aromatic heterocycles. The number of nitrogens with zero attached hydrogens (tertiary/aromatic N) is 3. The molecule has 0 spiro atoms. The van der Waals surface area contributed by atoms with E-state index < -0.39 is 12.0 Å². The highest BCUT2D eigenvalue weighted by atomic mass is 16.6. The van der Waals surface area contributed by atoms with Gasteiger partial charge in [-0.15, -0.1) is 0 Å². The van der Waals surface area contributed by atoms with Crippen molar-refractivity contribution < 1.29 is 28.3 Å². The monoisotopic (exact) mass is 436 g/mol. The number of hydrogen-bond acceptors (Lipinski definition) is 8. The molecule has 10 heteroatoms. The molecule has 0 atom stereocenters. The first-order valence-corrected chi connectivity index (χ1v) is 9.62. The summed E-state index contributed by atoms with van der Waals surface area (Å²) in [6.07, 6.45) is 0.851. The Morgan fingerprint density at radius 1 is 1.09 bits per heavy atom. The minimum Gasteiger partial charge on any atom is -0.493 e. The predicted molar refractivity (Wildman–Crippen MR) is 114 cm³/mol. The molecule has 32 heavy (non-hydrogen) atoms. The molecule has 2 heterocycles. The van der Waals surface area contributed by atoms with Crippen LogP contribution in [0.1, 0.15) is 21.7 Å². The van der Waals surface area contributed by atoms with E-state index in [0.29, 0.717) is 22.9 Å². The highest BCUT2D eigenvalue weighted by Crippen LogP contribution is 2.28. The number of cyclic esters (lactones) is 1. The number of rotatable bonds is 7. The molecule has 164 valence electrons. The van der Waals surface area contributed by atoms with Gasteiger partial charge in [0.1, 0.15) is 12.3 Å². The zero-order chi connectivity index (χ0) is 22.5. The van der Waals surface area contributed by atoms with Crippen molar-refractivity contribution in [2.45, 2.75) is 6.54 Å². The van der Waals surface area contributed by atoms with Gasteiger partial charge in [-0.2, -0.15) is 10.1 Å². The van der Waals surface area contributed by atoms with Crippen LogP contribution in [0.5, 0.6) is 11.5 Å². The molecular formula is C22H20N4O6. The first-order chi connectivity index (χ1) is 15.6. The summed E-state index contributed by atoms with van der Waals surface area (Å²) >= 11 is 0. The van der Waals surface area contributed by atoms with Crippen LogP contribution in [0.15, 0.2) is 64.4 Å².